The fraction of sp³-hybridized carbons (Fsp3) is 0.278. The number of nitrogens with zero attached hydrogens (tertiary/aromatic N) is 1. The number of aryl methyl sites for hydroxylation is 2. The third-order valence-corrected chi connectivity index (χ3v) is 5.57. The number of hydrogen-bond donors (Lipinski definition) is 2. The van der Waals surface area contributed by atoms with Crippen molar-refractivity contribution in [1.29, 1.82) is 0 Å². The van der Waals surface area contributed by atoms with Crippen LogP contribution >= 0.6 is 0 Å². The Kier molecular flexibility index (Phi) is 4.43. The Bertz CT molecular complexity index is 918. The van der Waals surface area contributed by atoms with Crippen LogP contribution in [0.2, 0.25) is 0 Å². The monoisotopic (exact) mass is 359 g/mol. The molecule has 0 aliphatic carbocycles. The summed E-state index contributed by atoms with van der Waals surface area (Å²) in [4.78, 5) is 13.7. The number of urea groups is 1. The second-order valence-electron chi connectivity index (χ2n) is 6.23. The summed E-state index contributed by atoms with van der Waals surface area (Å²) >= 11 is 0. The Morgan fingerprint density at radius 2 is 1.76 bits per heavy atom. The van der Waals surface area contributed by atoms with Gasteiger partial charge in [0.2, 0.25) is 0 Å². The molecule has 2 amide bonds. The SMILES string of the molecule is CNC(=O)N1CCc2cc(S(=O)(=O)Nc3cc(C)cc(C)c3)ccc21. The van der Waals surface area contributed by atoms with Gasteiger partial charge in [0.1, 0.15) is 0 Å². The number of nitrogens with one attached hydrogen (secondary N) is 2. The lowest BCUT2D eigenvalue weighted by atomic mass is 10.1. The highest BCUT2D eigenvalue weighted by atomic mass is 32.2. The molecular weight excluding hydrogens is 338 g/mol. The van der Waals surface area contributed by atoms with E-state index in [2.05, 4.69) is 10.0 Å². The van der Waals surface area contributed by atoms with Gasteiger partial charge in [-0.2, -0.15) is 0 Å². The van der Waals surface area contributed by atoms with E-state index >= 15 is 0 Å². The molecule has 1 heterocycles. The summed E-state index contributed by atoms with van der Waals surface area (Å²) in [6.45, 7) is 4.39. The number of fused-ring (bicyclic) bond motifs is 1. The predicted molar refractivity (Wildman–Crippen MR) is 98.7 cm³/mol. The first-order valence-corrected chi connectivity index (χ1v) is 9.52. The summed E-state index contributed by atoms with van der Waals surface area (Å²) in [6, 6.07) is 10.3. The summed E-state index contributed by atoms with van der Waals surface area (Å²) in [5, 5.41) is 2.59. The van der Waals surface area contributed by atoms with Crippen molar-refractivity contribution in [2.24, 2.45) is 0 Å². The maximum atomic E-state index is 12.7. The Hall–Kier alpha value is -2.54. The predicted octanol–water partition coefficient (Wildman–Crippen LogP) is 2.81. The van der Waals surface area contributed by atoms with Gasteiger partial charge in [0.15, 0.2) is 0 Å². The zero-order chi connectivity index (χ0) is 18.2. The van der Waals surface area contributed by atoms with Crippen LogP contribution in [0.15, 0.2) is 41.3 Å². The summed E-state index contributed by atoms with van der Waals surface area (Å²) in [7, 11) is -2.10. The average molecular weight is 359 g/mol. The third kappa shape index (κ3) is 3.46. The van der Waals surface area contributed by atoms with Gasteiger partial charge in [0.05, 0.1) is 4.90 Å². The lowest BCUT2D eigenvalue weighted by Crippen LogP contribution is -2.36. The van der Waals surface area contributed by atoms with Gasteiger partial charge >= 0.3 is 6.03 Å². The van der Waals surface area contributed by atoms with Gasteiger partial charge in [0.25, 0.3) is 10.0 Å². The molecule has 25 heavy (non-hydrogen) atoms. The van der Waals surface area contributed by atoms with E-state index in [4.69, 9.17) is 0 Å². The van der Waals surface area contributed by atoms with E-state index in [1.165, 1.54) is 6.07 Å². The van der Waals surface area contributed by atoms with Crippen LogP contribution in [0, 0.1) is 13.8 Å². The number of carbonyl (C=O) groups is 1. The van der Waals surface area contributed by atoms with E-state index in [1.54, 1.807) is 36.2 Å². The average Bonchev–Trinajstić information content (AvgIpc) is 2.95. The van der Waals surface area contributed by atoms with E-state index < -0.39 is 10.0 Å². The summed E-state index contributed by atoms with van der Waals surface area (Å²) < 4.78 is 28.0. The maximum absolute atomic E-state index is 12.7. The van der Waals surface area contributed by atoms with E-state index in [0.717, 1.165) is 22.4 Å². The van der Waals surface area contributed by atoms with Crippen LogP contribution in [0.3, 0.4) is 0 Å². The first kappa shape index (κ1) is 17.3. The normalized spacial score (nSPS) is 13.5. The molecule has 0 saturated carbocycles. The fourth-order valence-corrected chi connectivity index (χ4v) is 4.23. The molecule has 132 valence electrons. The summed E-state index contributed by atoms with van der Waals surface area (Å²) in [6.07, 6.45) is 0.635. The number of rotatable bonds is 3. The van der Waals surface area contributed by atoms with Gasteiger partial charge in [-0.1, -0.05) is 6.07 Å². The van der Waals surface area contributed by atoms with E-state index in [-0.39, 0.29) is 10.9 Å². The Labute approximate surface area is 147 Å². The van der Waals surface area contributed by atoms with Crippen LogP contribution in [0.1, 0.15) is 16.7 Å². The molecule has 2 aromatic rings. The van der Waals surface area contributed by atoms with Crippen LogP contribution in [0.5, 0.6) is 0 Å². The van der Waals surface area contributed by atoms with Crippen molar-refractivity contribution in [2.45, 2.75) is 25.2 Å². The molecule has 2 aromatic carbocycles. The lowest BCUT2D eigenvalue weighted by Gasteiger charge is -2.17. The molecule has 3 rings (SSSR count). The molecule has 0 aromatic heterocycles. The second-order valence-corrected chi connectivity index (χ2v) is 7.91. The standard InChI is InChI=1S/C18H21N3O3S/c1-12-8-13(2)10-15(9-12)20-25(23,24)16-4-5-17-14(11-16)6-7-21(17)18(22)19-3/h4-5,8-11,20H,6-7H2,1-3H3,(H,19,22). The van der Waals surface area contributed by atoms with Crippen LogP contribution in [0.25, 0.3) is 0 Å². The zero-order valence-corrected chi connectivity index (χ0v) is 15.3. The first-order chi connectivity index (χ1) is 11.8. The molecule has 0 radical (unpaired) electrons. The topological polar surface area (TPSA) is 78.5 Å². The van der Waals surface area contributed by atoms with Crippen LogP contribution < -0.4 is 14.9 Å². The minimum absolute atomic E-state index is 0.192. The van der Waals surface area contributed by atoms with E-state index in [1.807, 2.05) is 19.9 Å². The number of anilines is 2. The molecule has 0 unspecified atom stereocenters. The summed E-state index contributed by atoms with van der Waals surface area (Å²) in [5.74, 6) is 0. The molecule has 1 aliphatic heterocycles. The number of amides is 2. The van der Waals surface area contributed by atoms with Gasteiger partial charge in [-0.3, -0.25) is 9.62 Å². The van der Waals surface area contributed by atoms with Gasteiger partial charge in [-0.15, -0.1) is 0 Å². The Morgan fingerprint density at radius 1 is 1.08 bits per heavy atom. The zero-order valence-electron chi connectivity index (χ0n) is 14.5. The van der Waals surface area contributed by atoms with Crippen molar-refractivity contribution in [2.75, 3.05) is 23.2 Å². The van der Waals surface area contributed by atoms with Crippen LogP contribution in [-0.4, -0.2) is 28.0 Å². The van der Waals surface area contributed by atoms with E-state index in [0.29, 0.717) is 18.7 Å². The molecule has 0 spiro atoms. The largest absolute Gasteiger partial charge is 0.341 e. The van der Waals surface area contributed by atoms with Crippen molar-refractivity contribution in [3.8, 4) is 0 Å². The highest BCUT2D eigenvalue weighted by Crippen LogP contribution is 2.31. The van der Waals surface area contributed by atoms with Gasteiger partial charge in [0, 0.05) is 25.0 Å². The highest BCUT2D eigenvalue weighted by molar-refractivity contribution is 7.92. The van der Waals surface area contributed by atoms with Crippen LogP contribution in [-0.2, 0) is 16.4 Å². The fourth-order valence-electron chi connectivity index (χ4n) is 3.14. The van der Waals surface area contributed by atoms with Gasteiger partial charge in [-0.05, 0) is 67.3 Å². The lowest BCUT2D eigenvalue weighted by molar-refractivity contribution is 0.248. The quantitative estimate of drug-likeness (QED) is 0.884. The number of carbonyl (C=O) groups excluding carboxylic acids is 1. The van der Waals surface area contributed by atoms with E-state index in [9.17, 15) is 13.2 Å². The second kappa shape index (κ2) is 6.40. The number of sulfonamides is 1. The molecular formula is C18H21N3O3S. The Balaban J connectivity index is 1.90. The van der Waals surface area contributed by atoms with Crippen molar-refractivity contribution in [3.05, 3.63) is 53.1 Å². The molecule has 6 nitrogen and oxygen atoms in total. The molecule has 7 heteroatoms. The smallest absolute Gasteiger partial charge is 0.321 e. The van der Waals surface area contributed by atoms with Crippen molar-refractivity contribution in [3.63, 3.8) is 0 Å². The highest BCUT2D eigenvalue weighted by Gasteiger charge is 2.26. The molecule has 0 fully saturated rings. The third-order valence-electron chi connectivity index (χ3n) is 4.19. The van der Waals surface area contributed by atoms with Gasteiger partial charge in [-0.25, -0.2) is 13.2 Å². The van der Waals surface area contributed by atoms with Crippen molar-refractivity contribution < 1.29 is 13.2 Å². The molecule has 2 N–H and O–H groups in total. The van der Waals surface area contributed by atoms with Crippen molar-refractivity contribution in [1.82, 2.24) is 5.32 Å². The molecule has 0 saturated heterocycles. The van der Waals surface area contributed by atoms with Crippen LogP contribution in [0.4, 0.5) is 16.2 Å². The van der Waals surface area contributed by atoms with Crippen molar-refractivity contribution >= 4 is 27.4 Å². The van der Waals surface area contributed by atoms with Gasteiger partial charge < -0.3 is 5.32 Å². The Morgan fingerprint density at radius 3 is 2.40 bits per heavy atom. The molecule has 0 atom stereocenters. The first-order valence-electron chi connectivity index (χ1n) is 8.03. The maximum Gasteiger partial charge on any atom is 0.321 e. The molecule has 0 bridgehead atoms. The minimum Gasteiger partial charge on any atom is -0.341 e. The number of benzene rings is 2. The molecule has 1 aliphatic rings. The summed E-state index contributed by atoms with van der Waals surface area (Å²) in [5.41, 5.74) is 4.14. The number of hydrogen-bond acceptors (Lipinski definition) is 3. The minimum atomic E-state index is -3.68.